The Morgan fingerprint density at radius 2 is 2.25 bits per heavy atom. The van der Waals surface area contributed by atoms with Crippen LogP contribution in [0, 0.1) is 0 Å². The fraction of sp³-hybridized carbons (Fsp3) is 0.583. The number of hydrogen-bond acceptors (Lipinski definition) is 4. The Kier molecular flexibility index (Phi) is 4.71. The fourth-order valence-electron chi connectivity index (χ4n) is 1.32. The molecule has 0 unspecified atom stereocenters. The molecule has 90 valence electrons. The SMILES string of the molecule is CCOC(=O)/C=C/C=C/[C@H]1COC(C)(C)O1. The number of carbonyl (C=O) groups excluding carboxylic acids is 1. The van der Waals surface area contributed by atoms with E-state index < -0.39 is 5.79 Å². The van der Waals surface area contributed by atoms with E-state index >= 15 is 0 Å². The lowest BCUT2D eigenvalue weighted by atomic mass is 10.3. The molecule has 0 N–H and O–H groups in total. The zero-order chi connectivity index (χ0) is 12.0. The molecule has 1 fully saturated rings. The number of ether oxygens (including phenoxy) is 3. The van der Waals surface area contributed by atoms with E-state index in [9.17, 15) is 4.79 Å². The first-order chi connectivity index (χ1) is 7.53. The van der Waals surface area contributed by atoms with Gasteiger partial charge < -0.3 is 14.2 Å². The summed E-state index contributed by atoms with van der Waals surface area (Å²) in [5, 5.41) is 0. The summed E-state index contributed by atoms with van der Waals surface area (Å²) < 4.78 is 15.7. The average Bonchev–Trinajstić information content (AvgIpc) is 2.54. The van der Waals surface area contributed by atoms with Crippen molar-refractivity contribution in [2.75, 3.05) is 13.2 Å². The zero-order valence-electron chi connectivity index (χ0n) is 9.93. The predicted octanol–water partition coefficient (Wildman–Crippen LogP) is 1.81. The number of rotatable bonds is 4. The van der Waals surface area contributed by atoms with Crippen LogP contribution in [-0.2, 0) is 19.0 Å². The Bertz CT molecular complexity index is 291. The van der Waals surface area contributed by atoms with Gasteiger partial charge in [0, 0.05) is 6.08 Å². The second-order valence-corrected chi connectivity index (χ2v) is 3.86. The quantitative estimate of drug-likeness (QED) is 0.416. The molecule has 1 saturated heterocycles. The van der Waals surface area contributed by atoms with Crippen LogP contribution in [0.5, 0.6) is 0 Å². The minimum Gasteiger partial charge on any atom is -0.463 e. The van der Waals surface area contributed by atoms with E-state index in [2.05, 4.69) is 0 Å². The van der Waals surface area contributed by atoms with Gasteiger partial charge in [-0.05, 0) is 20.8 Å². The second kappa shape index (κ2) is 5.82. The molecule has 0 radical (unpaired) electrons. The van der Waals surface area contributed by atoms with E-state index in [0.29, 0.717) is 13.2 Å². The maximum absolute atomic E-state index is 10.9. The Balaban J connectivity index is 2.30. The topological polar surface area (TPSA) is 44.8 Å². The van der Waals surface area contributed by atoms with Crippen LogP contribution in [0.2, 0.25) is 0 Å². The molecule has 1 atom stereocenters. The highest BCUT2D eigenvalue weighted by atomic mass is 16.7. The molecule has 0 aromatic heterocycles. The van der Waals surface area contributed by atoms with Crippen LogP contribution < -0.4 is 0 Å². The van der Waals surface area contributed by atoms with Crippen molar-refractivity contribution in [1.82, 2.24) is 0 Å². The van der Waals surface area contributed by atoms with E-state index in [0.717, 1.165) is 0 Å². The molecule has 0 amide bonds. The van der Waals surface area contributed by atoms with Crippen molar-refractivity contribution in [3.05, 3.63) is 24.3 Å². The van der Waals surface area contributed by atoms with E-state index in [1.54, 1.807) is 19.1 Å². The van der Waals surface area contributed by atoms with Crippen molar-refractivity contribution in [1.29, 1.82) is 0 Å². The molecular weight excluding hydrogens is 208 g/mol. The molecule has 4 nitrogen and oxygen atoms in total. The third-order valence-corrected chi connectivity index (χ3v) is 1.99. The molecule has 4 heteroatoms. The highest BCUT2D eigenvalue weighted by Crippen LogP contribution is 2.22. The summed E-state index contributed by atoms with van der Waals surface area (Å²) in [4.78, 5) is 10.9. The van der Waals surface area contributed by atoms with Gasteiger partial charge in [-0.15, -0.1) is 0 Å². The summed E-state index contributed by atoms with van der Waals surface area (Å²) in [6.07, 6.45) is 6.56. The number of hydrogen-bond donors (Lipinski definition) is 0. The van der Waals surface area contributed by atoms with Gasteiger partial charge >= 0.3 is 5.97 Å². The third-order valence-electron chi connectivity index (χ3n) is 1.99. The first-order valence-corrected chi connectivity index (χ1v) is 5.37. The molecule has 1 aliphatic rings. The van der Waals surface area contributed by atoms with Crippen molar-refractivity contribution in [2.24, 2.45) is 0 Å². The highest BCUT2D eigenvalue weighted by Gasteiger charge is 2.30. The Hall–Kier alpha value is -1.13. The molecule has 0 aliphatic carbocycles. The number of esters is 1. The lowest BCUT2D eigenvalue weighted by Gasteiger charge is -2.15. The van der Waals surface area contributed by atoms with E-state index in [4.69, 9.17) is 14.2 Å². The lowest BCUT2D eigenvalue weighted by Crippen LogP contribution is -2.20. The maximum atomic E-state index is 10.9. The standard InChI is InChI=1S/C12H18O4/c1-4-14-11(13)8-6-5-7-10-9-15-12(2,3)16-10/h5-8,10H,4,9H2,1-3H3/b7-5+,8-6+/t10-/m0/s1. The molecule has 0 aromatic carbocycles. The Morgan fingerprint density at radius 3 is 2.81 bits per heavy atom. The predicted molar refractivity (Wildman–Crippen MR) is 59.8 cm³/mol. The van der Waals surface area contributed by atoms with Gasteiger partial charge in [-0.3, -0.25) is 0 Å². The summed E-state index contributed by atoms with van der Waals surface area (Å²) in [5.74, 6) is -0.851. The van der Waals surface area contributed by atoms with E-state index in [1.165, 1.54) is 6.08 Å². The van der Waals surface area contributed by atoms with Crippen molar-refractivity contribution >= 4 is 5.97 Å². The normalized spacial score (nSPS) is 24.3. The van der Waals surface area contributed by atoms with Crippen molar-refractivity contribution in [3.63, 3.8) is 0 Å². The molecule has 1 heterocycles. The monoisotopic (exact) mass is 226 g/mol. The van der Waals surface area contributed by atoms with Crippen molar-refractivity contribution < 1.29 is 19.0 Å². The summed E-state index contributed by atoms with van der Waals surface area (Å²) >= 11 is 0. The van der Waals surface area contributed by atoms with Crippen LogP contribution in [0.25, 0.3) is 0 Å². The van der Waals surface area contributed by atoms with Gasteiger partial charge in [-0.1, -0.05) is 18.2 Å². The lowest BCUT2D eigenvalue weighted by molar-refractivity contribution is -0.137. The molecule has 0 spiro atoms. The van der Waals surface area contributed by atoms with Crippen LogP contribution in [0.3, 0.4) is 0 Å². The van der Waals surface area contributed by atoms with Crippen molar-refractivity contribution in [3.8, 4) is 0 Å². The van der Waals surface area contributed by atoms with Gasteiger partial charge in [0.1, 0.15) is 6.10 Å². The molecule has 1 rings (SSSR count). The minimum absolute atomic E-state index is 0.0538. The van der Waals surface area contributed by atoms with Gasteiger partial charge in [0.05, 0.1) is 13.2 Å². The summed E-state index contributed by atoms with van der Waals surface area (Å²) in [5.41, 5.74) is 0. The van der Waals surface area contributed by atoms with Gasteiger partial charge in [-0.2, -0.15) is 0 Å². The molecule has 1 aliphatic heterocycles. The summed E-state index contributed by atoms with van der Waals surface area (Å²) in [6.45, 7) is 6.44. The van der Waals surface area contributed by atoms with Crippen LogP contribution in [0.4, 0.5) is 0 Å². The first kappa shape index (κ1) is 12.9. The fourth-order valence-corrected chi connectivity index (χ4v) is 1.32. The first-order valence-electron chi connectivity index (χ1n) is 5.37. The van der Waals surface area contributed by atoms with E-state index in [-0.39, 0.29) is 12.1 Å². The van der Waals surface area contributed by atoms with E-state index in [1.807, 2.05) is 19.9 Å². The average molecular weight is 226 g/mol. The number of allylic oxidation sites excluding steroid dienone is 2. The minimum atomic E-state index is -0.514. The maximum Gasteiger partial charge on any atom is 0.330 e. The smallest absolute Gasteiger partial charge is 0.330 e. The van der Waals surface area contributed by atoms with Gasteiger partial charge in [0.15, 0.2) is 5.79 Å². The molecule has 0 aromatic rings. The van der Waals surface area contributed by atoms with Crippen molar-refractivity contribution in [2.45, 2.75) is 32.7 Å². The van der Waals surface area contributed by atoms with Gasteiger partial charge in [0.2, 0.25) is 0 Å². The van der Waals surface area contributed by atoms with Crippen LogP contribution in [0.15, 0.2) is 24.3 Å². The molecule has 0 saturated carbocycles. The largest absolute Gasteiger partial charge is 0.463 e. The Morgan fingerprint density at radius 1 is 1.50 bits per heavy atom. The molecular formula is C12H18O4. The highest BCUT2D eigenvalue weighted by molar-refractivity contribution is 5.82. The number of carbonyl (C=O) groups is 1. The third kappa shape index (κ3) is 4.59. The van der Waals surface area contributed by atoms with Crippen LogP contribution in [-0.4, -0.2) is 31.1 Å². The van der Waals surface area contributed by atoms with Crippen LogP contribution in [0.1, 0.15) is 20.8 Å². The zero-order valence-corrected chi connectivity index (χ0v) is 9.93. The second-order valence-electron chi connectivity index (χ2n) is 3.86. The van der Waals surface area contributed by atoms with Gasteiger partial charge in [-0.25, -0.2) is 4.79 Å². The Labute approximate surface area is 95.9 Å². The molecule has 0 bridgehead atoms. The molecule has 16 heavy (non-hydrogen) atoms. The van der Waals surface area contributed by atoms with Gasteiger partial charge in [0.25, 0.3) is 0 Å². The summed E-state index contributed by atoms with van der Waals surface area (Å²) in [7, 11) is 0. The van der Waals surface area contributed by atoms with Crippen LogP contribution >= 0.6 is 0 Å². The summed E-state index contributed by atoms with van der Waals surface area (Å²) in [6, 6.07) is 0.